The van der Waals surface area contributed by atoms with Crippen LogP contribution in [-0.4, -0.2) is 61.5 Å². The van der Waals surface area contributed by atoms with E-state index in [0.717, 1.165) is 44.6 Å². The number of nitrogens with zero attached hydrogens (tertiary/aromatic N) is 2. The number of rotatable bonds is 6. The lowest BCUT2D eigenvalue weighted by Crippen LogP contribution is -2.49. The largest absolute Gasteiger partial charge is 0.478 e. The van der Waals surface area contributed by atoms with Crippen molar-refractivity contribution in [2.75, 3.05) is 46.1 Å². The summed E-state index contributed by atoms with van der Waals surface area (Å²) in [5.41, 5.74) is 0.0969. The molecule has 1 atom stereocenters. The van der Waals surface area contributed by atoms with Gasteiger partial charge in [-0.25, -0.2) is 4.98 Å². The molecule has 144 valence electrons. The Hall–Kier alpha value is -1.17. The lowest BCUT2D eigenvalue weighted by Gasteiger charge is -2.43. The van der Waals surface area contributed by atoms with Crippen LogP contribution in [0.15, 0.2) is 24.4 Å². The fourth-order valence-corrected chi connectivity index (χ4v) is 4.89. The van der Waals surface area contributed by atoms with E-state index in [1.54, 1.807) is 6.20 Å². The molecular weight excluding hydrogens is 328 g/mol. The van der Waals surface area contributed by atoms with Crippen LogP contribution in [0.4, 0.5) is 0 Å². The maximum atomic E-state index is 6.32. The molecule has 5 nitrogen and oxygen atoms in total. The molecule has 4 heterocycles. The molecule has 5 heteroatoms. The zero-order valence-corrected chi connectivity index (χ0v) is 15.8. The molecule has 3 aliphatic heterocycles. The van der Waals surface area contributed by atoms with Gasteiger partial charge in [0.2, 0.25) is 5.88 Å². The van der Waals surface area contributed by atoms with Crippen LogP contribution in [-0.2, 0) is 9.47 Å². The lowest BCUT2D eigenvalue weighted by atomic mass is 9.78. The van der Waals surface area contributed by atoms with Crippen LogP contribution in [0.3, 0.4) is 0 Å². The summed E-state index contributed by atoms with van der Waals surface area (Å²) in [6.07, 6.45) is 8.82. The number of piperidine rings is 1. The molecule has 0 bridgehead atoms. The van der Waals surface area contributed by atoms with Crippen molar-refractivity contribution in [2.24, 2.45) is 11.8 Å². The Morgan fingerprint density at radius 1 is 1.12 bits per heavy atom. The van der Waals surface area contributed by atoms with E-state index in [0.29, 0.717) is 5.92 Å². The average molecular weight is 360 g/mol. The lowest BCUT2D eigenvalue weighted by molar-refractivity contribution is -0.0733. The van der Waals surface area contributed by atoms with E-state index in [1.807, 2.05) is 18.2 Å². The zero-order chi connectivity index (χ0) is 17.7. The van der Waals surface area contributed by atoms with Gasteiger partial charge in [0.15, 0.2) is 0 Å². The average Bonchev–Trinajstić information content (AvgIpc) is 3.08. The van der Waals surface area contributed by atoms with Crippen LogP contribution >= 0.6 is 0 Å². The van der Waals surface area contributed by atoms with Crippen molar-refractivity contribution in [3.8, 4) is 5.88 Å². The summed E-state index contributed by atoms with van der Waals surface area (Å²) in [5.74, 6) is 2.17. The summed E-state index contributed by atoms with van der Waals surface area (Å²) in [5, 5.41) is 0. The van der Waals surface area contributed by atoms with E-state index in [1.165, 1.54) is 51.7 Å². The van der Waals surface area contributed by atoms with Gasteiger partial charge in [-0.3, -0.25) is 0 Å². The van der Waals surface area contributed by atoms with Crippen molar-refractivity contribution in [3.63, 3.8) is 0 Å². The molecule has 3 aliphatic rings. The Labute approximate surface area is 157 Å². The van der Waals surface area contributed by atoms with Gasteiger partial charge >= 0.3 is 0 Å². The van der Waals surface area contributed by atoms with Gasteiger partial charge in [0.1, 0.15) is 0 Å². The number of pyridine rings is 1. The van der Waals surface area contributed by atoms with Crippen molar-refractivity contribution in [3.05, 3.63) is 24.4 Å². The first-order chi connectivity index (χ1) is 12.8. The quantitative estimate of drug-likeness (QED) is 0.780. The summed E-state index contributed by atoms with van der Waals surface area (Å²) in [6, 6.07) is 5.81. The number of hydrogen-bond donors (Lipinski definition) is 0. The molecular formula is C21H32N2O3. The Morgan fingerprint density at radius 2 is 1.96 bits per heavy atom. The van der Waals surface area contributed by atoms with Gasteiger partial charge in [0.05, 0.1) is 12.2 Å². The Kier molecular flexibility index (Phi) is 6.08. The van der Waals surface area contributed by atoms with Crippen molar-refractivity contribution in [1.82, 2.24) is 9.88 Å². The molecule has 0 unspecified atom stereocenters. The van der Waals surface area contributed by atoms with Gasteiger partial charge in [-0.2, -0.15) is 0 Å². The molecule has 3 saturated heterocycles. The SMILES string of the molecule is c1ccc(OCC[C@@H]2CCOC23CCN(CC2CCOCC2)CC3)nc1. The highest BCUT2D eigenvalue weighted by Gasteiger charge is 2.45. The second kappa shape index (κ2) is 8.68. The molecule has 1 spiro atoms. The molecule has 0 N–H and O–H groups in total. The normalized spacial score (nSPS) is 27.0. The number of hydrogen-bond acceptors (Lipinski definition) is 5. The Bertz CT molecular complexity index is 539. The minimum atomic E-state index is 0.0969. The van der Waals surface area contributed by atoms with Crippen LogP contribution in [0.5, 0.6) is 5.88 Å². The van der Waals surface area contributed by atoms with E-state index >= 15 is 0 Å². The molecule has 0 amide bonds. The molecule has 0 aliphatic carbocycles. The highest BCUT2D eigenvalue weighted by atomic mass is 16.5. The van der Waals surface area contributed by atoms with Crippen LogP contribution in [0, 0.1) is 11.8 Å². The van der Waals surface area contributed by atoms with Crippen LogP contribution in [0.25, 0.3) is 0 Å². The van der Waals surface area contributed by atoms with Gasteiger partial charge < -0.3 is 19.1 Å². The fourth-order valence-electron chi connectivity index (χ4n) is 4.89. The summed E-state index contributed by atoms with van der Waals surface area (Å²) < 4.78 is 17.6. The Morgan fingerprint density at radius 3 is 2.73 bits per heavy atom. The first-order valence-electron chi connectivity index (χ1n) is 10.3. The maximum absolute atomic E-state index is 6.32. The molecule has 3 fully saturated rings. The third-order valence-electron chi connectivity index (χ3n) is 6.51. The molecule has 26 heavy (non-hydrogen) atoms. The number of ether oxygens (including phenoxy) is 3. The van der Waals surface area contributed by atoms with Crippen molar-refractivity contribution in [2.45, 2.75) is 44.1 Å². The van der Waals surface area contributed by atoms with E-state index < -0.39 is 0 Å². The van der Waals surface area contributed by atoms with E-state index in [9.17, 15) is 0 Å². The van der Waals surface area contributed by atoms with Crippen LogP contribution in [0.2, 0.25) is 0 Å². The zero-order valence-electron chi connectivity index (χ0n) is 15.8. The van der Waals surface area contributed by atoms with Crippen LogP contribution < -0.4 is 4.74 Å². The molecule has 1 aromatic heterocycles. The molecule has 0 saturated carbocycles. The topological polar surface area (TPSA) is 43.8 Å². The highest BCUT2D eigenvalue weighted by molar-refractivity contribution is 5.09. The van der Waals surface area contributed by atoms with Gasteiger partial charge in [0, 0.05) is 51.7 Å². The van der Waals surface area contributed by atoms with Gasteiger partial charge in [-0.15, -0.1) is 0 Å². The standard InChI is InChI=1S/C21H32N2O3/c1-2-10-22-20(3-1)25-15-6-19-7-16-26-21(19)8-11-23(12-9-21)17-18-4-13-24-14-5-18/h1-3,10,18-19H,4-9,11-17H2/t19-/m1/s1. The summed E-state index contributed by atoms with van der Waals surface area (Å²) in [7, 11) is 0. The van der Waals surface area contributed by atoms with Gasteiger partial charge in [0.25, 0.3) is 0 Å². The summed E-state index contributed by atoms with van der Waals surface area (Å²) in [4.78, 5) is 6.90. The summed E-state index contributed by atoms with van der Waals surface area (Å²) in [6.45, 7) is 7.14. The smallest absolute Gasteiger partial charge is 0.213 e. The van der Waals surface area contributed by atoms with Crippen molar-refractivity contribution < 1.29 is 14.2 Å². The molecule has 1 aromatic rings. The fraction of sp³-hybridized carbons (Fsp3) is 0.762. The predicted molar refractivity (Wildman–Crippen MR) is 100 cm³/mol. The van der Waals surface area contributed by atoms with E-state index in [2.05, 4.69) is 9.88 Å². The third kappa shape index (κ3) is 4.38. The van der Waals surface area contributed by atoms with Crippen LogP contribution in [0.1, 0.15) is 38.5 Å². The number of likely N-dealkylation sites (tertiary alicyclic amines) is 1. The van der Waals surface area contributed by atoms with E-state index in [4.69, 9.17) is 14.2 Å². The third-order valence-corrected chi connectivity index (χ3v) is 6.51. The van der Waals surface area contributed by atoms with Crippen molar-refractivity contribution >= 4 is 0 Å². The van der Waals surface area contributed by atoms with Crippen molar-refractivity contribution in [1.29, 1.82) is 0 Å². The van der Waals surface area contributed by atoms with Gasteiger partial charge in [-0.1, -0.05) is 6.07 Å². The molecule has 0 aromatic carbocycles. The second-order valence-electron chi connectivity index (χ2n) is 8.06. The highest BCUT2D eigenvalue weighted by Crippen LogP contribution is 2.42. The van der Waals surface area contributed by atoms with Gasteiger partial charge in [-0.05, 0) is 56.4 Å². The summed E-state index contributed by atoms with van der Waals surface area (Å²) >= 11 is 0. The molecule has 0 radical (unpaired) electrons. The minimum absolute atomic E-state index is 0.0969. The Balaban J connectivity index is 1.24. The predicted octanol–water partition coefficient (Wildman–Crippen LogP) is 3.15. The van der Waals surface area contributed by atoms with E-state index in [-0.39, 0.29) is 5.60 Å². The molecule has 4 rings (SSSR count). The first-order valence-corrected chi connectivity index (χ1v) is 10.3. The second-order valence-corrected chi connectivity index (χ2v) is 8.06. The minimum Gasteiger partial charge on any atom is -0.478 e. The number of aromatic nitrogens is 1. The maximum Gasteiger partial charge on any atom is 0.213 e. The monoisotopic (exact) mass is 360 g/mol. The first kappa shape index (κ1) is 18.2.